The van der Waals surface area contributed by atoms with Crippen LogP contribution in [0.2, 0.25) is 0 Å². The average molecular weight is 271 g/mol. The van der Waals surface area contributed by atoms with Crippen molar-refractivity contribution in [3.05, 3.63) is 0 Å². The van der Waals surface area contributed by atoms with Crippen LogP contribution in [0, 0.1) is 5.92 Å². The van der Waals surface area contributed by atoms with Crippen LogP contribution in [0.5, 0.6) is 0 Å². The quantitative estimate of drug-likeness (QED) is 0.513. The Labute approximate surface area is 113 Å². The van der Waals surface area contributed by atoms with Gasteiger partial charge in [0.1, 0.15) is 0 Å². The number of nitrogens with one attached hydrogen (secondary N) is 2. The van der Waals surface area contributed by atoms with Gasteiger partial charge in [-0.2, -0.15) is 0 Å². The molecule has 0 radical (unpaired) electrons. The maximum absolute atomic E-state index is 11.6. The zero-order chi connectivity index (χ0) is 13.5. The molecule has 2 amide bonds. The van der Waals surface area contributed by atoms with Crippen molar-refractivity contribution in [1.82, 2.24) is 10.6 Å². The van der Waals surface area contributed by atoms with Gasteiger partial charge in [0.25, 0.3) is 0 Å². The molecule has 0 saturated heterocycles. The van der Waals surface area contributed by atoms with Crippen molar-refractivity contribution >= 4 is 29.0 Å². The van der Waals surface area contributed by atoms with E-state index in [9.17, 15) is 9.59 Å². The molecule has 0 heterocycles. The van der Waals surface area contributed by atoms with Gasteiger partial charge in [-0.05, 0) is 31.6 Å². The molecule has 0 aromatic carbocycles. The topological polar surface area (TPSA) is 84.2 Å². The molecule has 0 spiro atoms. The maximum atomic E-state index is 11.6. The molecule has 0 atom stereocenters. The van der Waals surface area contributed by atoms with Gasteiger partial charge in [-0.1, -0.05) is 25.6 Å². The highest BCUT2D eigenvalue weighted by atomic mass is 32.1. The van der Waals surface area contributed by atoms with E-state index in [0.717, 1.165) is 31.6 Å². The highest BCUT2D eigenvalue weighted by Crippen LogP contribution is 2.26. The van der Waals surface area contributed by atoms with E-state index >= 15 is 0 Å². The molecule has 0 aliphatic heterocycles. The Bertz CT molecular complexity index is 325. The minimum Gasteiger partial charge on any atom is -0.392 e. The summed E-state index contributed by atoms with van der Waals surface area (Å²) in [6.07, 6.45) is 5.33. The molecule has 1 fully saturated rings. The van der Waals surface area contributed by atoms with E-state index in [1.54, 1.807) is 0 Å². The van der Waals surface area contributed by atoms with Crippen LogP contribution >= 0.6 is 12.2 Å². The molecule has 18 heavy (non-hydrogen) atoms. The van der Waals surface area contributed by atoms with Gasteiger partial charge in [0.15, 0.2) is 0 Å². The van der Waals surface area contributed by atoms with Gasteiger partial charge < -0.3 is 16.4 Å². The monoisotopic (exact) mass is 271 g/mol. The summed E-state index contributed by atoms with van der Waals surface area (Å²) in [5, 5.41) is 5.13. The van der Waals surface area contributed by atoms with Crippen molar-refractivity contribution in [3.63, 3.8) is 0 Å². The standard InChI is InChI=1S/C12H21N3O2S/c1-2-8-3-5-9(6-4-8)15-12(17)11(16)14-7-10(13)18/h8-9H,2-7H2,1H3,(H2,13,18)(H,14,16)(H,15,17). The fourth-order valence-corrected chi connectivity index (χ4v) is 2.29. The molecule has 6 heteroatoms. The molecule has 0 bridgehead atoms. The van der Waals surface area contributed by atoms with Crippen LogP contribution in [0.25, 0.3) is 0 Å². The Morgan fingerprint density at radius 3 is 2.33 bits per heavy atom. The molecule has 1 saturated carbocycles. The summed E-state index contributed by atoms with van der Waals surface area (Å²) < 4.78 is 0. The van der Waals surface area contributed by atoms with E-state index in [4.69, 9.17) is 5.73 Å². The predicted molar refractivity (Wildman–Crippen MR) is 74.0 cm³/mol. The molecule has 4 N–H and O–H groups in total. The van der Waals surface area contributed by atoms with Crippen LogP contribution in [-0.4, -0.2) is 29.4 Å². The number of hydrogen-bond acceptors (Lipinski definition) is 3. The van der Waals surface area contributed by atoms with Crippen LogP contribution in [0.15, 0.2) is 0 Å². The first-order valence-corrected chi connectivity index (χ1v) is 6.80. The van der Waals surface area contributed by atoms with Crippen LogP contribution in [0.3, 0.4) is 0 Å². The zero-order valence-corrected chi connectivity index (χ0v) is 11.5. The van der Waals surface area contributed by atoms with Gasteiger partial charge in [0, 0.05) is 6.04 Å². The van der Waals surface area contributed by atoms with Crippen molar-refractivity contribution in [2.75, 3.05) is 6.54 Å². The zero-order valence-electron chi connectivity index (χ0n) is 10.7. The first kappa shape index (κ1) is 14.9. The summed E-state index contributed by atoms with van der Waals surface area (Å²) >= 11 is 4.62. The number of nitrogens with two attached hydrogens (primary N) is 1. The van der Waals surface area contributed by atoms with Gasteiger partial charge in [-0.3, -0.25) is 9.59 Å². The Kier molecular flexibility index (Phi) is 6.04. The van der Waals surface area contributed by atoms with E-state index in [-0.39, 0.29) is 17.6 Å². The van der Waals surface area contributed by atoms with E-state index in [2.05, 4.69) is 29.8 Å². The molecule has 102 valence electrons. The number of carbonyl (C=O) groups excluding carboxylic acids is 2. The highest BCUT2D eigenvalue weighted by molar-refractivity contribution is 7.80. The Morgan fingerprint density at radius 2 is 1.83 bits per heavy atom. The largest absolute Gasteiger partial charge is 0.392 e. The second-order valence-electron chi connectivity index (χ2n) is 4.75. The summed E-state index contributed by atoms with van der Waals surface area (Å²) in [7, 11) is 0. The summed E-state index contributed by atoms with van der Waals surface area (Å²) in [6, 6.07) is 0.121. The molecule has 5 nitrogen and oxygen atoms in total. The first-order valence-electron chi connectivity index (χ1n) is 6.40. The van der Waals surface area contributed by atoms with Crippen LogP contribution < -0.4 is 16.4 Å². The van der Waals surface area contributed by atoms with Crippen molar-refractivity contribution in [3.8, 4) is 0 Å². The van der Waals surface area contributed by atoms with Crippen molar-refractivity contribution < 1.29 is 9.59 Å². The van der Waals surface area contributed by atoms with Gasteiger partial charge in [0.05, 0.1) is 11.5 Å². The molecule has 0 aromatic rings. The third-order valence-corrected chi connectivity index (χ3v) is 3.53. The number of thiocarbonyl (C=S) groups is 1. The van der Waals surface area contributed by atoms with Gasteiger partial charge in [0.2, 0.25) is 0 Å². The molecule has 0 unspecified atom stereocenters. The minimum absolute atomic E-state index is 0.0597. The molecule has 1 aliphatic carbocycles. The summed E-state index contributed by atoms with van der Waals surface area (Å²) in [5.41, 5.74) is 5.24. The lowest BCUT2D eigenvalue weighted by Crippen LogP contribution is -2.47. The summed E-state index contributed by atoms with van der Waals surface area (Å²) in [6.45, 7) is 2.25. The Morgan fingerprint density at radius 1 is 1.22 bits per heavy atom. The minimum atomic E-state index is -0.666. The maximum Gasteiger partial charge on any atom is 0.309 e. The van der Waals surface area contributed by atoms with E-state index < -0.39 is 11.8 Å². The van der Waals surface area contributed by atoms with Crippen molar-refractivity contribution in [1.29, 1.82) is 0 Å². The second-order valence-corrected chi connectivity index (χ2v) is 5.27. The second kappa shape index (κ2) is 7.31. The molecule has 1 rings (SSSR count). The van der Waals surface area contributed by atoms with Crippen molar-refractivity contribution in [2.45, 2.75) is 45.1 Å². The average Bonchev–Trinajstić information content (AvgIpc) is 2.36. The molecule has 0 aromatic heterocycles. The van der Waals surface area contributed by atoms with Crippen LogP contribution in [0.4, 0.5) is 0 Å². The van der Waals surface area contributed by atoms with Crippen LogP contribution in [0.1, 0.15) is 39.0 Å². The number of amides is 2. The van der Waals surface area contributed by atoms with Gasteiger partial charge in [-0.25, -0.2) is 0 Å². The third-order valence-electron chi connectivity index (χ3n) is 3.39. The smallest absolute Gasteiger partial charge is 0.309 e. The SMILES string of the molecule is CCC1CCC(NC(=O)C(=O)NCC(N)=S)CC1. The van der Waals surface area contributed by atoms with E-state index in [0.29, 0.717) is 0 Å². The predicted octanol–water partition coefficient (Wildman–Crippen LogP) is 0.474. The lowest BCUT2D eigenvalue weighted by Gasteiger charge is -2.28. The number of hydrogen-bond donors (Lipinski definition) is 3. The molecular formula is C12H21N3O2S. The summed E-state index contributed by atoms with van der Waals surface area (Å²) in [5.74, 6) is -0.492. The number of carbonyl (C=O) groups is 2. The van der Waals surface area contributed by atoms with Gasteiger partial charge in [-0.15, -0.1) is 0 Å². The molecular weight excluding hydrogens is 250 g/mol. The molecule has 1 aliphatic rings. The van der Waals surface area contributed by atoms with Crippen molar-refractivity contribution in [2.24, 2.45) is 11.7 Å². The normalized spacial score (nSPS) is 23.2. The van der Waals surface area contributed by atoms with E-state index in [1.807, 2.05) is 0 Å². The Hall–Kier alpha value is -1.17. The lowest BCUT2D eigenvalue weighted by molar-refractivity contribution is -0.139. The van der Waals surface area contributed by atoms with Crippen LogP contribution in [-0.2, 0) is 9.59 Å². The summed E-state index contributed by atoms with van der Waals surface area (Å²) in [4.78, 5) is 23.1. The highest BCUT2D eigenvalue weighted by Gasteiger charge is 2.23. The number of rotatable bonds is 4. The van der Waals surface area contributed by atoms with Gasteiger partial charge >= 0.3 is 11.8 Å². The third kappa shape index (κ3) is 5.00. The van der Waals surface area contributed by atoms with E-state index in [1.165, 1.54) is 6.42 Å². The first-order chi connectivity index (χ1) is 8.52. The fourth-order valence-electron chi connectivity index (χ4n) is 2.21. The fraction of sp³-hybridized carbons (Fsp3) is 0.750. The Balaban J connectivity index is 2.28. The lowest BCUT2D eigenvalue weighted by atomic mass is 9.84.